The molecule has 20 heavy (non-hydrogen) atoms. The van der Waals surface area contributed by atoms with Crippen LogP contribution in [0, 0.1) is 26.1 Å². The van der Waals surface area contributed by atoms with Crippen LogP contribution in [0.15, 0.2) is 18.2 Å². The standard InChI is InChI=1S/C12H13N3O5/c16-12-3-4-13-7-9(12)5-8-1-2-10(14(17)18)6-11(8)15(19)20/h1-2,6,9,13H,3-5,7H2. The van der Waals surface area contributed by atoms with Crippen molar-refractivity contribution in [2.45, 2.75) is 12.8 Å². The van der Waals surface area contributed by atoms with Crippen LogP contribution < -0.4 is 5.32 Å². The fourth-order valence-electron chi connectivity index (χ4n) is 2.27. The quantitative estimate of drug-likeness (QED) is 0.654. The first-order valence-electron chi connectivity index (χ1n) is 6.14. The number of carbonyl (C=O) groups excluding carboxylic acids is 1. The zero-order valence-corrected chi connectivity index (χ0v) is 10.6. The fourth-order valence-corrected chi connectivity index (χ4v) is 2.27. The third-order valence-electron chi connectivity index (χ3n) is 3.34. The van der Waals surface area contributed by atoms with Crippen LogP contribution in [0.1, 0.15) is 12.0 Å². The highest BCUT2D eigenvalue weighted by Crippen LogP contribution is 2.27. The molecule has 0 saturated carbocycles. The minimum absolute atomic E-state index is 0.0661. The molecule has 0 radical (unpaired) electrons. The highest BCUT2D eigenvalue weighted by Gasteiger charge is 2.26. The lowest BCUT2D eigenvalue weighted by atomic mass is 9.90. The molecule has 0 spiro atoms. The number of nitro groups is 2. The van der Waals surface area contributed by atoms with Crippen LogP contribution in [-0.4, -0.2) is 28.7 Å². The van der Waals surface area contributed by atoms with Crippen LogP contribution in [0.5, 0.6) is 0 Å². The zero-order valence-electron chi connectivity index (χ0n) is 10.6. The molecule has 1 heterocycles. The van der Waals surface area contributed by atoms with E-state index in [1.165, 1.54) is 12.1 Å². The van der Waals surface area contributed by atoms with Crippen molar-refractivity contribution in [2.75, 3.05) is 13.1 Å². The molecule has 1 aliphatic rings. The van der Waals surface area contributed by atoms with E-state index in [4.69, 9.17) is 0 Å². The Morgan fingerprint density at radius 3 is 2.60 bits per heavy atom. The second-order valence-electron chi connectivity index (χ2n) is 4.65. The molecule has 1 fully saturated rings. The van der Waals surface area contributed by atoms with Crippen LogP contribution in [0.2, 0.25) is 0 Å². The Balaban J connectivity index is 2.28. The topological polar surface area (TPSA) is 115 Å². The predicted octanol–water partition coefficient (Wildman–Crippen LogP) is 1.22. The predicted molar refractivity (Wildman–Crippen MR) is 69.4 cm³/mol. The van der Waals surface area contributed by atoms with Gasteiger partial charge in [0.25, 0.3) is 11.4 Å². The first-order valence-corrected chi connectivity index (χ1v) is 6.14. The number of piperidine rings is 1. The first-order chi connectivity index (χ1) is 9.49. The molecule has 1 atom stereocenters. The van der Waals surface area contributed by atoms with Crippen molar-refractivity contribution in [1.29, 1.82) is 0 Å². The normalized spacial score (nSPS) is 18.8. The van der Waals surface area contributed by atoms with E-state index in [1.54, 1.807) is 0 Å². The summed E-state index contributed by atoms with van der Waals surface area (Å²) in [6.07, 6.45) is 0.631. The number of nitrogens with zero attached hydrogens (tertiary/aromatic N) is 2. The minimum atomic E-state index is -0.676. The Morgan fingerprint density at radius 2 is 2.00 bits per heavy atom. The third kappa shape index (κ3) is 2.97. The van der Waals surface area contributed by atoms with Gasteiger partial charge in [0, 0.05) is 37.1 Å². The lowest BCUT2D eigenvalue weighted by Gasteiger charge is -2.21. The van der Waals surface area contributed by atoms with E-state index in [9.17, 15) is 25.0 Å². The number of Topliss-reactive ketones (excluding diaryl/α,β-unsaturated/α-hetero) is 1. The summed E-state index contributed by atoms with van der Waals surface area (Å²) < 4.78 is 0. The van der Waals surface area contributed by atoms with Gasteiger partial charge in [0.05, 0.1) is 15.9 Å². The maximum atomic E-state index is 11.7. The summed E-state index contributed by atoms with van der Waals surface area (Å²) >= 11 is 0. The monoisotopic (exact) mass is 279 g/mol. The van der Waals surface area contributed by atoms with Gasteiger partial charge in [-0.1, -0.05) is 0 Å². The average Bonchev–Trinajstić information content (AvgIpc) is 2.41. The van der Waals surface area contributed by atoms with Crippen LogP contribution >= 0.6 is 0 Å². The van der Waals surface area contributed by atoms with Gasteiger partial charge in [0.1, 0.15) is 5.78 Å². The molecule has 0 aromatic heterocycles. The van der Waals surface area contributed by atoms with Crippen LogP contribution in [-0.2, 0) is 11.2 Å². The van der Waals surface area contributed by atoms with Crippen LogP contribution in [0.25, 0.3) is 0 Å². The number of ketones is 1. The number of hydrogen-bond donors (Lipinski definition) is 1. The highest BCUT2D eigenvalue weighted by atomic mass is 16.6. The number of nitro benzene ring substituents is 2. The number of rotatable bonds is 4. The molecule has 8 nitrogen and oxygen atoms in total. The molecule has 1 aromatic carbocycles. The SMILES string of the molecule is O=C1CCNCC1Cc1ccc([N+](=O)[O-])cc1[N+](=O)[O-]. The lowest BCUT2D eigenvalue weighted by Crippen LogP contribution is -2.38. The van der Waals surface area contributed by atoms with E-state index in [2.05, 4.69) is 5.32 Å². The first kappa shape index (κ1) is 14.1. The molecule has 1 N–H and O–H groups in total. The zero-order chi connectivity index (χ0) is 14.7. The number of nitrogens with one attached hydrogen (secondary N) is 1. The summed E-state index contributed by atoms with van der Waals surface area (Å²) in [6, 6.07) is 3.53. The summed E-state index contributed by atoms with van der Waals surface area (Å²) in [5, 5.41) is 24.7. The summed E-state index contributed by atoms with van der Waals surface area (Å²) in [5.41, 5.74) is -0.284. The summed E-state index contributed by atoms with van der Waals surface area (Å²) in [6.45, 7) is 1.10. The van der Waals surface area contributed by atoms with E-state index < -0.39 is 9.85 Å². The van der Waals surface area contributed by atoms with Gasteiger partial charge in [-0.25, -0.2) is 0 Å². The Hall–Kier alpha value is -2.35. The highest BCUT2D eigenvalue weighted by molar-refractivity contribution is 5.82. The van der Waals surface area contributed by atoms with Crippen molar-refractivity contribution in [1.82, 2.24) is 5.32 Å². The molecular formula is C12H13N3O5. The maximum Gasteiger partial charge on any atom is 0.279 e. The second kappa shape index (κ2) is 5.74. The van der Waals surface area contributed by atoms with Crippen molar-refractivity contribution in [3.63, 3.8) is 0 Å². The van der Waals surface area contributed by atoms with Gasteiger partial charge < -0.3 is 5.32 Å². The number of hydrogen-bond acceptors (Lipinski definition) is 6. The van der Waals surface area contributed by atoms with Gasteiger partial charge in [-0.15, -0.1) is 0 Å². The van der Waals surface area contributed by atoms with Gasteiger partial charge in [-0.05, 0) is 12.5 Å². The molecule has 1 unspecified atom stereocenters. The molecule has 0 aliphatic carbocycles. The summed E-state index contributed by atoms with van der Waals surface area (Å²) in [7, 11) is 0. The Bertz CT molecular complexity index is 572. The number of non-ortho nitro benzene ring substituents is 1. The van der Waals surface area contributed by atoms with Crippen molar-refractivity contribution >= 4 is 17.2 Å². The maximum absolute atomic E-state index is 11.7. The van der Waals surface area contributed by atoms with Gasteiger partial charge in [-0.3, -0.25) is 25.0 Å². The molecule has 0 bridgehead atoms. The van der Waals surface area contributed by atoms with E-state index in [0.29, 0.717) is 25.1 Å². The summed E-state index contributed by atoms with van der Waals surface area (Å²) in [4.78, 5) is 32.1. The Kier molecular flexibility index (Phi) is 4.04. The van der Waals surface area contributed by atoms with E-state index >= 15 is 0 Å². The Morgan fingerprint density at radius 1 is 1.25 bits per heavy atom. The van der Waals surface area contributed by atoms with Gasteiger partial charge >= 0.3 is 0 Å². The van der Waals surface area contributed by atoms with Crippen LogP contribution in [0.4, 0.5) is 11.4 Å². The van der Waals surface area contributed by atoms with Crippen molar-refractivity contribution < 1.29 is 14.6 Å². The number of benzene rings is 1. The molecule has 0 amide bonds. The van der Waals surface area contributed by atoms with Crippen molar-refractivity contribution in [3.05, 3.63) is 44.0 Å². The molecule has 8 heteroatoms. The molecule has 1 aliphatic heterocycles. The second-order valence-corrected chi connectivity index (χ2v) is 4.65. The van der Waals surface area contributed by atoms with E-state index in [0.717, 1.165) is 6.07 Å². The molecule has 2 rings (SSSR count). The fraction of sp³-hybridized carbons (Fsp3) is 0.417. The smallest absolute Gasteiger partial charge is 0.279 e. The average molecular weight is 279 g/mol. The Labute approximate surface area is 114 Å². The van der Waals surface area contributed by atoms with Crippen LogP contribution in [0.3, 0.4) is 0 Å². The molecule has 106 valence electrons. The van der Waals surface area contributed by atoms with E-state index in [-0.39, 0.29) is 29.5 Å². The minimum Gasteiger partial charge on any atom is -0.316 e. The molecule has 1 aromatic rings. The van der Waals surface area contributed by atoms with Gasteiger partial charge in [0.2, 0.25) is 0 Å². The van der Waals surface area contributed by atoms with Crippen molar-refractivity contribution in [2.24, 2.45) is 5.92 Å². The lowest BCUT2D eigenvalue weighted by molar-refractivity contribution is -0.394. The summed E-state index contributed by atoms with van der Waals surface area (Å²) in [5.74, 6) is -0.250. The molecular weight excluding hydrogens is 266 g/mol. The molecule has 1 saturated heterocycles. The van der Waals surface area contributed by atoms with E-state index in [1.807, 2.05) is 0 Å². The van der Waals surface area contributed by atoms with Crippen molar-refractivity contribution in [3.8, 4) is 0 Å². The largest absolute Gasteiger partial charge is 0.316 e. The third-order valence-corrected chi connectivity index (χ3v) is 3.34. The number of carbonyl (C=O) groups is 1. The van der Waals surface area contributed by atoms with Gasteiger partial charge in [0.15, 0.2) is 0 Å². The van der Waals surface area contributed by atoms with Gasteiger partial charge in [-0.2, -0.15) is 0 Å².